The molecule has 0 heterocycles. The van der Waals surface area contributed by atoms with Gasteiger partial charge in [0.25, 0.3) is 0 Å². The Morgan fingerprint density at radius 3 is 2.62 bits per heavy atom. The van der Waals surface area contributed by atoms with E-state index in [9.17, 15) is 4.79 Å². The fourth-order valence-electron chi connectivity index (χ4n) is 2.32. The van der Waals surface area contributed by atoms with E-state index in [0.29, 0.717) is 19.6 Å². The third-order valence-electron chi connectivity index (χ3n) is 3.59. The Labute approximate surface area is 144 Å². The molecule has 128 valence electrons. The van der Waals surface area contributed by atoms with E-state index in [-0.39, 0.29) is 5.91 Å². The molecule has 0 aliphatic heterocycles. The van der Waals surface area contributed by atoms with Crippen molar-refractivity contribution in [2.75, 3.05) is 25.0 Å². The van der Waals surface area contributed by atoms with Crippen LogP contribution in [0.25, 0.3) is 0 Å². The summed E-state index contributed by atoms with van der Waals surface area (Å²) in [4.78, 5) is 11.8. The average Bonchev–Trinajstić information content (AvgIpc) is 2.59. The molecule has 0 aromatic heterocycles. The molecule has 1 amide bonds. The summed E-state index contributed by atoms with van der Waals surface area (Å²) < 4.78 is 5.64. The number of carbonyl (C=O) groups excluding carboxylic acids is 1. The van der Waals surface area contributed by atoms with Gasteiger partial charge >= 0.3 is 0 Å². The Morgan fingerprint density at radius 2 is 1.83 bits per heavy atom. The summed E-state index contributed by atoms with van der Waals surface area (Å²) in [7, 11) is 0. The first-order chi connectivity index (χ1) is 11.7. The fourth-order valence-corrected chi connectivity index (χ4v) is 2.32. The van der Waals surface area contributed by atoms with Gasteiger partial charge in [0.1, 0.15) is 5.75 Å². The largest absolute Gasteiger partial charge is 0.494 e. The number of aryl methyl sites for hydroxylation is 1. The second-order valence-corrected chi connectivity index (χ2v) is 5.76. The first kappa shape index (κ1) is 17.9. The lowest BCUT2D eigenvalue weighted by Crippen LogP contribution is -2.25. The molecule has 4 heteroatoms. The standard InChI is InChI=1S/C20H26N2O2/c1-17-8-5-11-19(16-17)24-15-6-12-20(23)22-14-7-13-21-18-9-3-2-4-10-18/h2-5,8-11,16,21H,6-7,12-15H2,1H3,(H,22,23). The zero-order valence-corrected chi connectivity index (χ0v) is 14.3. The number of benzene rings is 2. The number of carbonyl (C=O) groups is 1. The molecule has 24 heavy (non-hydrogen) atoms. The van der Waals surface area contributed by atoms with Gasteiger partial charge in [0, 0.05) is 25.2 Å². The number of rotatable bonds is 10. The zero-order chi connectivity index (χ0) is 17.0. The molecule has 0 bridgehead atoms. The van der Waals surface area contributed by atoms with E-state index in [1.54, 1.807) is 0 Å². The van der Waals surface area contributed by atoms with Crippen molar-refractivity contribution in [1.29, 1.82) is 0 Å². The third-order valence-corrected chi connectivity index (χ3v) is 3.59. The Morgan fingerprint density at radius 1 is 1.00 bits per heavy atom. The highest BCUT2D eigenvalue weighted by atomic mass is 16.5. The van der Waals surface area contributed by atoms with Crippen molar-refractivity contribution in [2.24, 2.45) is 0 Å². The predicted molar refractivity (Wildman–Crippen MR) is 98.5 cm³/mol. The molecule has 2 N–H and O–H groups in total. The Hall–Kier alpha value is -2.49. The lowest BCUT2D eigenvalue weighted by molar-refractivity contribution is -0.121. The molecule has 0 aliphatic carbocycles. The number of ether oxygens (including phenoxy) is 1. The van der Waals surface area contributed by atoms with Crippen LogP contribution in [-0.4, -0.2) is 25.6 Å². The van der Waals surface area contributed by atoms with Gasteiger partial charge in [0.05, 0.1) is 6.61 Å². The number of para-hydroxylation sites is 1. The van der Waals surface area contributed by atoms with Gasteiger partial charge in [-0.25, -0.2) is 0 Å². The van der Waals surface area contributed by atoms with Crippen LogP contribution in [0.3, 0.4) is 0 Å². The van der Waals surface area contributed by atoms with Crippen LogP contribution in [0.4, 0.5) is 5.69 Å². The quantitative estimate of drug-likeness (QED) is 0.653. The van der Waals surface area contributed by atoms with Gasteiger partial charge < -0.3 is 15.4 Å². The predicted octanol–water partition coefficient (Wildman–Crippen LogP) is 3.77. The van der Waals surface area contributed by atoms with Gasteiger partial charge in [-0.2, -0.15) is 0 Å². The van der Waals surface area contributed by atoms with Gasteiger partial charge in [-0.15, -0.1) is 0 Å². The van der Waals surface area contributed by atoms with E-state index in [1.807, 2.05) is 61.5 Å². The van der Waals surface area contributed by atoms with E-state index in [0.717, 1.165) is 30.8 Å². The molecule has 0 atom stereocenters. The van der Waals surface area contributed by atoms with E-state index in [4.69, 9.17) is 4.74 Å². The first-order valence-electron chi connectivity index (χ1n) is 8.49. The number of hydrogen-bond donors (Lipinski definition) is 2. The summed E-state index contributed by atoms with van der Waals surface area (Å²) in [6.07, 6.45) is 2.13. The Bertz CT molecular complexity index is 614. The van der Waals surface area contributed by atoms with Crippen LogP contribution in [0.5, 0.6) is 5.75 Å². The lowest BCUT2D eigenvalue weighted by atomic mass is 10.2. The van der Waals surface area contributed by atoms with Crippen molar-refractivity contribution in [1.82, 2.24) is 5.32 Å². The number of amides is 1. The maximum atomic E-state index is 11.8. The van der Waals surface area contributed by atoms with Crippen molar-refractivity contribution in [3.63, 3.8) is 0 Å². The smallest absolute Gasteiger partial charge is 0.220 e. The molecule has 0 saturated carbocycles. The van der Waals surface area contributed by atoms with Crippen LogP contribution < -0.4 is 15.4 Å². The highest BCUT2D eigenvalue weighted by Crippen LogP contribution is 2.12. The minimum atomic E-state index is 0.0857. The molecule has 0 radical (unpaired) electrons. The number of hydrogen-bond acceptors (Lipinski definition) is 3. The van der Waals surface area contributed by atoms with Crippen molar-refractivity contribution >= 4 is 11.6 Å². The van der Waals surface area contributed by atoms with E-state index < -0.39 is 0 Å². The Kier molecular flexibility index (Phi) is 7.68. The molecule has 0 saturated heterocycles. The first-order valence-corrected chi connectivity index (χ1v) is 8.49. The minimum Gasteiger partial charge on any atom is -0.494 e. The van der Waals surface area contributed by atoms with E-state index >= 15 is 0 Å². The molecule has 4 nitrogen and oxygen atoms in total. The second kappa shape index (κ2) is 10.3. The zero-order valence-electron chi connectivity index (χ0n) is 14.3. The summed E-state index contributed by atoms with van der Waals surface area (Å²) in [5.41, 5.74) is 2.28. The highest BCUT2D eigenvalue weighted by molar-refractivity contribution is 5.75. The average molecular weight is 326 g/mol. The van der Waals surface area contributed by atoms with Crippen molar-refractivity contribution in [3.05, 3.63) is 60.2 Å². The third kappa shape index (κ3) is 7.18. The summed E-state index contributed by atoms with van der Waals surface area (Å²) in [5.74, 6) is 0.949. The summed E-state index contributed by atoms with van der Waals surface area (Å²) in [6, 6.07) is 18.0. The van der Waals surface area contributed by atoms with Gasteiger partial charge in [-0.05, 0) is 49.6 Å². The maximum absolute atomic E-state index is 11.8. The molecule has 0 fully saturated rings. The summed E-state index contributed by atoms with van der Waals surface area (Å²) in [6.45, 7) is 4.14. The SMILES string of the molecule is Cc1cccc(OCCCC(=O)NCCCNc2ccccc2)c1. The van der Waals surface area contributed by atoms with Crippen LogP contribution in [0.1, 0.15) is 24.8 Å². The molecule has 2 aromatic rings. The molecule has 0 aliphatic rings. The van der Waals surface area contributed by atoms with Gasteiger partial charge in [0.15, 0.2) is 0 Å². The maximum Gasteiger partial charge on any atom is 0.220 e. The van der Waals surface area contributed by atoms with Gasteiger partial charge in [-0.3, -0.25) is 4.79 Å². The fraction of sp³-hybridized carbons (Fsp3) is 0.350. The molecular weight excluding hydrogens is 300 g/mol. The van der Waals surface area contributed by atoms with E-state index in [2.05, 4.69) is 10.6 Å². The molecule has 0 spiro atoms. The van der Waals surface area contributed by atoms with Crippen molar-refractivity contribution < 1.29 is 9.53 Å². The van der Waals surface area contributed by atoms with Crippen LogP contribution in [-0.2, 0) is 4.79 Å². The monoisotopic (exact) mass is 326 g/mol. The van der Waals surface area contributed by atoms with Crippen molar-refractivity contribution in [3.8, 4) is 5.75 Å². The number of nitrogens with one attached hydrogen (secondary N) is 2. The minimum absolute atomic E-state index is 0.0857. The van der Waals surface area contributed by atoms with E-state index in [1.165, 1.54) is 5.56 Å². The normalized spacial score (nSPS) is 10.2. The molecule has 2 rings (SSSR count). The summed E-state index contributed by atoms with van der Waals surface area (Å²) >= 11 is 0. The topological polar surface area (TPSA) is 50.4 Å². The summed E-state index contributed by atoms with van der Waals surface area (Å²) in [5, 5.41) is 6.26. The van der Waals surface area contributed by atoms with Gasteiger partial charge in [-0.1, -0.05) is 30.3 Å². The van der Waals surface area contributed by atoms with Crippen LogP contribution >= 0.6 is 0 Å². The second-order valence-electron chi connectivity index (χ2n) is 5.76. The van der Waals surface area contributed by atoms with Gasteiger partial charge in [0.2, 0.25) is 5.91 Å². The number of anilines is 1. The highest BCUT2D eigenvalue weighted by Gasteiger charge is 2.01. The Balaban J connectivity index is 1.48. The van der Waals surface area contributed by atoms with Crippen molar-refractivity contribution in [2.45, 2.75) is 26.2 Å². The molecular formula is C20H26N2O2. The van der Waals surface area contributed by atoms with Crippen LogP contribution in [0.2, 0.25) is 0 Å². The molecule has 0 unspecified atom stereocenters. The van der Waals surface area contributed by atoms with Crippen LogP contribution in [0, 0.1) is 6.92 Å². The van der Waals surface area contributed by atoms with Crippen LogP contribution in [0.15, 0.2) is 54.6 Å². The molecule has 2 aromatic carbocycles. The lowest BCUT2D eigenvalue weighted by Gasteiger charge is -2.08.